The highest BCUT2D eigenvalue weighted by molar-refractivity contribution is 5.82. The molecule has 16 atom stereocenters. The molecule has 2 amide bonds. The van der Waals surface area contributed by atoms with E-state index < -0.39 is 118 Å². The molecular weight excluding hydrogens is 756 g/mol. The molecule has 3 rings (SSSR count). The van der Waals surface area contributed by atoms with E-state index in [1.165, 1.54) is 6.92 Å². The highest BCUT2D eigenvalue weighted by Gasteiger charge is 2.52. The first-order chi connectivity index (χ1) is 26.6. The van der Waals surface area contributed by atoms with Gasteiger partial charge < -0.3 is 90.5 Å². The number of carbonyl (C=O) groups excluding carboxylic acids is 3. The summed E-state index contributed by atoms with van der Waals surface area (Å²) in [5.41, 5.74) is 10.7. The number of unbranched alkanes of at least 4 members (excludes halogenated alkanes) is 2. The number of carbonyl (C=O) groups is 3. The van der Waals surface area contributed by atoms with Gasteiger partial charge in [-0.1, -0.05) is 6.42 Å². The molecule has 0 spiro atoms. The van der Waals surface area contributed by atoms with Crippen LogP contribution in [0.5, 0.6) is 0 Å². The van der Waals surface area contributed by atoms with E-state index in [0.29, 0.717) is 25.8 Å². The second kappa shape index (κ2) is 24.1. The number of hydrogen-bond donors (Lipinski definition) is 14. The lowest BCUT2D eigenvalue weighted by atomic mass is 9.96. The number of rotatable bonds is 23. The summed E-state index contributed by atoms with van der Waals surface area (Å²) in [5, 5.41) is 105. The minimum absolute atomic E-state index is 0.0665. The Hall–Kier alpha value is -2.11. The third-order valence-corrected chi connectivity index (χ3v) is 9.64. The first-order valence-electron chi connectivity index (χ1n) is 18.7. The molecule has 0 aromatic carbocycles. The molecule has 0 unspecified atom stereocenters. The fourth-order valence-electron chi connectivity index (χ4n) is 6.19. The number of Topliss-reactive ketones (excluding diaryl/α,β-unsaturated/α-hetero) is 1. The molecule has 0 radical (unpaired) electrons. The minimum Gasteiger partial charge on any atom is -0.394 e. The Kier molecular flexibility index (Phi) is 20.8. The monoisotopic (exact) mass is 816 g/mol. The molecule has 56 heavy (non-hydrogen) atoms. The van der Waals surface area contributed by atoms with Gasteiger partial charge in [-0.15, -0.1) is 0 Å². The van der Waals surface area contributed by atoms with E-state index >= 15 is 0 Å². The first-order valence-corrected chi connectivity index (χ1v) is 18.7. The van der Waals surface area contributed by atoms with Crippen molar-refractivity contribution in [3.8, 4) is 0 Å². The van der Waals surface area contributed by atoms with Crippen LogP contribution in [0.25, 0.3) is 0 Å². The predicted octanol–water partition coefficient (Wildman–Crippen LogP) is -7.16. The number of aliphatic hydroxyl groups is 10. The summed E-state index contributed by atoms with van der Waals surface area (Å²) in [7, 11) is 0. The molecule has 15 N–H and O–H groups in total. The van der Waals surface area contributed by atoms with E-state index in [4.69, 9.17) is 34.2 Å². The smallest absolute Gasteiger partial charge is 0.234 e. The molecule has 23 nitrogen and oxygen atoms in total. The molecule has 0 bridgehead atoms. The third-order valence-electron chi connectivity index (χ3n) is 9.64. The number of nitrogens with one attached hydrogen (secondary N) is 3. The maximum absolute atomic E-state index is 12.4. The van der Waals surface area contributed by atoms with Gasteiger partial charge in [-0.2, -0.15) is 0 Å². The van der Waals surface area contributed by atoms with Crippen LogP contribution in [-0.4, -0.2) is 206 Å². The average molecular weight is 817 g/mol. The molecule has 0 aromatic rings. The molecule has 23 heteroatoms. The van der Waals surface area contributed by atoms with Crippen molar-refractivity contribution >= 4 is 17.6 Å². The molecule has 3 fully saturated rings. The Morgan fingerprint density at radius 2 is 1.21 bits per heavy atom. The zero-order chi connectivity index (χ0) is 41.5. The maximum atomic E-state index is 12.4. The lowest BCUT2D eigenvalue weighted by Crippen LogP contribution is -2.65. The number of ether oxygens (including phenoxy) is 6. The van der Waals surface area contributed by atoms with E-state index in [1.54, 1.807) is 0 Å². The number of hydrogen-bond acceptors (Lipinski definition) is 21. The largest absolute Gasteiger partial charge is 0.394 e. The van der Waals surface area contributed by atoms with Gasteiger partial charge in [-0.3, -0.25) is 19.8 Å². The predicted molar refractivity (Wildman–Crippen MR) is 185 cm³/mol. The number of hydrazine groups is 1. The number of nitrogens with two attached hydrogens (primary N) is 1. The fourth-order valence-corrected chi connectivity index (χ4v) is 6.19. The van der Waals surface area contributed by atoms with Crippen molar-refractivity contribution < 1.29 is 93.9 Å². The van der Waals surface area contributed by atoms with E-state index in [0.717, 1.165) is 12.8 Å². The zero-order valence-electron chi connectivity index (χ0n) is 31.2. The molecule has 326 valence electrons. The summed E-state index contributed by atoms with van der Waals surface area (Å²) in [6.45, 7) is -0.580. The van der Waals surface area contributed by atoms with Gasteiger partial charge in [0, 0.05) is 19.4 Å². The van der Waals surface area contributed by atoms with Gasteiger partial charge in [0.15, 0.2) is 18.9 Å². The van der Waals surface area contributed by atoms with Gasteiger partial charge in [0.2, 0.25) is 11.8 Å². The Morgan fingerprint density at radius 1 is 0.661 bits per heavy atom. The Balaban J connectivity index is 1.53. The number of amides is 2. The van der Waals surface area contributed by atoms with Crippen LogP contribution < -0.4 is 21.9 Å². The molecule has 3 heterocycles. The standard InChI is InChI=1S/C33H60N4O19/c1-15(40)16(6-4-5-9-34)36-37-21(42)8-3-2-7-20(41)35-10-11-51-32-29(50)30(56-33-28(49)26(47)23(44)18(13-39)54-33)24(45)19(55-32)14-52-31-27(48)25(46)22(43)17(12-38)53-31/h16-19,22-33,36,38-39,43-50H,2-14,34H2,1H3,(H,35,41)(H,37,42)/t16-,17+,18+,19+,22+,23+,24+,25-,26-,27-,28-,29-,30-,31-,32+,33+/m0/s1. The summed E-state index contributed by atoms with van der Waals surface area (Å²) in [6, 6.07) is -0.528. The van der Waals surface area contributed by atoms with Crippen LogP contribution in [0.15, 0.2) is 0 Å². The molecular formula is C33H60N4O19. The number of aliphatic hydroxyl groups excluding tert-OH is 10. The van der Waals surface area contributed by atoms with Crippen LogP contribution in [0.3, 0.4) is 0 Å². The van der Waals surface area contributed by atoms with Crippen LogP contribution in [0.1, 0.15) is 51.9 Å². The lowest BCUT2D eigenvalue weighted by Gasteiger charge is -2.46. The van der Waals surface area contributed by atoms with E-state index in [9.17, 15) is 65.4 Å². The van der Waals surface area contributed by atoms with Crippen molar-refractivity contribution in [3.63, 3.8) is 0 Å². The molecule has 0 saturated carbocycles. The van der Waals surface area contributed by atoms with Crippen molar-refractivity contribution in [2.24, 2.45) is 5.73 Å². The third kappa shape index (κ3) is 13.7. The summed E-state index contributed by atoms with van der Waals surface area (Å²) in [6.07, 6.45) is -22.3. The minimum atomic E-state index is -1.91. The quantitative estimate of drug-likeness (QED) is 0.0336. The summed E-state index contributed by atoms with van der Waals surface area (Å²) in [5.74, 6) is -0.836. The van der Waals surface area contributed by atoms with Crippen molar-refractivity contribution in [2.75, 3.05) is 39.5 Å². The van der Waals surface area contributed by atoms with Crippen molar-refractivity contribution in [1.82, 2.24) is 16.2 Å². The summed E-state index contributed by atoms with van der Waals surface area (Å²) >= 11 is 0. The molecule has 3 saturated heterocycles. The van der Waals surface area contributed by atoms with Crippen LogP contribution in [0, 0.1) is 0 Å². The SMILES string of the molecule is CC(=O)[C@H](CCCCN)NNC(=O)CCCCC(=O)NCCO[C@@H]1O[C@H](CO[C@H]2O[C@H](CO)[C@@H](O)[C@H](O)[C@@H]2O)[C@@H](O)[C@H](O[C@H]2O[C@H](CO)[C@@H](O)[C@H](O)[C@@H]2O)[C@@H]1O. The lowest BCUT2D eigenvalue weighted by molar-refractivity contribution is -0.366. The number of ketones is 1. The first kappa shape index (κ1) is 48.3. The van der Waals surface area contributed by atoms with Gasteiger partial charge >= 0.3 is 0 Å². The van der Waals surface area contributed by atoms with Gasteiger partial charge in [-0.25, -0.2) is 5.43 Å². The summed E-state index contributed by atoms with van der Waals surface area (Å²) in [4.78, 5) is 36.4. The fraction of sp³-hybridized carbons (Fsp3) is 0.909. The van der Waals surface area contributed by atoms with E-state index in [2.05, 4.69) is 16.2 Å². The van der Waals surface area contributed by atoms with Crippen LogP contribution in [0.4, 0.5) is 0 Å². The second-order valence-corrected chi connectivity index (χ2v) is 13.9. The maximum Gasteiger partial charge on any atom is 0.234 e. The molecule has 3 aliphatic rings. The molecule has 3 aliphatic heterocycles. The van der Waals surface area contributed by atoms with E-state index in [1.807, 2.05) is 0 Å². The van der Waals surface area contributed by atoms with Crippen molar-refractivity contribution in [2.45, 2.75) is 150 Å². The Labute approximate surface area is 322 Å². The normalized spacial score (nSPS) is 36.8. The van der Waals surface area contributed by atoms with Crippen molar-refractivity contribution in [3.05, 3.63) is 0 Å². The second-order valence-electron chi connectivity index (χ2n) is 13.9. The van der Waals surface area contributed by atoms with Gasteiger partial charge in [-0.05, 0) is 39.2 Å². The highest BCUT2D eigenvalue weighted by atomic mass is 16.7. The van der Waals surface area contributed by atoms with E-state index in [-0.39, 0.29) is 43.6 Å². The molecule has 0 aromatic heterocycles. The van der Waals surface area contributed by atoms with Crippen LogP contribution in [-0.2, 0) is 42.8 Å². The van der Waals surface area contributed by atoms with Gasteiger partial charge in [0.25, 0.3) is 0 Å². The topological polar surface area (TPSA) is 371 Å². The van der Waals surface area contributed by atoms with Gasteiger partial charge in [0.1, 0.15) is 79.0 Å². The Morgan fingerprint density at radius 3 is 1.80 bits per heavy atom. The van der Waals surface area contributed by atoms with Gasteiger partial charge in [0.05, 0.1) is 32.5 Å². The van der Waals surface area contributed by atoms with Crippen LogP contribution >= 0.6 is 0 Å². The average Bonchev–Trinajstić information content (AvgIpc) is 3.17. The highest BCUT2D eigenvalue weighted by Crippen LogP contribution is 2.31. The van der Waals surface area contributed by atoms with Crippen molar-refractivity contribution in [1.29, 1.82) is 0 Å². The zero-order valence-corrected chi connectivity index (χ0v) is 31.2. The summed E-state index contributed by atoms with van der Waals surface area (Å²) < 4.78 is 33.2. The van der Waals surface area contributed by atoms with Crippen LogP contribution in [0.2, 0.25) is 0 Å². The molecule has 0 aliphatic carbocycles. The Bertz CT molecular complexity index is 1190.